The average molecular weight is 380 g/mol. The summed E-state index contributed by atoms with van der Waals surface area (Å²) in [6, 6.07) is 13.6. The summed E-state index contributed by atoms with van der Waals surface area (Å²) in [6.07, 6.45) is -4.78. The average Bonchev–Trinajstić information content (AvgIpc) is 2.61. The van der Waals surface area contributed by atoms with E-state index in [0.29, 0.717) is 6.54 Å². The molecule has 0 saturated carbocycles. The number of alkyl halides is 3. The number of hydrogen-bond acceptors (Lipinski definition) is 3. The van der Waals surface area contributed by atoms with Gasteiger partial charge in [0.05, 0.1) is 12.2 Å². The molecule has 0 spiro atoms. The highest BCUT2D eigenvalue weighted by Crippen LogP contribution is 2.29. The van der Waals surface area contributed by atoms with E-state index in [0.717, 1.165) is 24.2 Å². The van der Waals surface area contributed by atoms with E-state index >= 15 is 0 Å². The predicted molar refractivity (Wildman–Crippen MR) is 101 cm³/mol. The maximum atomic E-state index is 12.5. The third-order valence-corrected chi connectivity index (χ3v) is 3.79. The first-order valence-corrected chi connectivity index (χ1v) is 8.45. The number of hydrogen-bond donors (Lipinski definition) is 2. The maximum absolute atomic E-state index is 12.5. The zero-order chi connectivity index (χ0) is 19.9. The Morgan fingerprint density at radius 1 is 1.15 bits per heavy atom. The van der Waals surface area contributed by atoms with Crippen LogP contribution < -0.4 is 15.8 Å². The van der Waals surface area contributed by atoms with Crippen molar-refractivity contribution in [3.05, 3.63) is 59.7 Å². The van der Waals surface area contributed by atoms with E-state index in [1.165, 1.54) is 18.2 Å². The molecule has 0 aromatic heterocycles. The minimum atomic E-state index is -4.78. The zero-order valence-electron chi connectivity index (χ0n) is 15.3. The SMILES string of the molecule is CCN(C)Cc1cccc(CN=C(N)Nc2ccccc2OC(F)(F)F)c1. The van der Waals surface area contributed by atoms with Crippen molar-refractivity contribution in [3.63, 3.8) is 0 Å². The monoisotopic (exact) mass is 380 g/mol. The summed E-state index contributed by atoms with van der Waals surface area (Å²) in [4.78, 5) is 6.38. The molecule has 2 rings (SSSR count). The van der Waals surface area contributed by atoms with Gasteiger partial charge in [-0.3, -0.25) is 0 Å². The Morgan fingerprint density at radius 2 is 1.85 bits per heavy atom. The van der Waals surface area contributed by atoms with Crippen LogP contribution in [0.3, 0.4) is 0 Å². The molecule has 0 aliphatic heterocycles. The normalized spacial score (nSPS) is 12.3. The van der Waals surface area contributed by atoms with Crippen LogP contribution in [-0.2, 0) is 13.1 Å². The first-order valence-electron chi connectivity index (χ1n) is 8.45. The van der Waals surface area contributed by atoms with E-state index in [1.807, 2.05) is 31.3 Å². The molecule has 5 nitrogen and oxygen atoms in total. The van der Waals surface area contributed by atoms with Crippen molar-refractivity contribution in [3.8, 4) is 5.75 Å². The topological polar surface area (TPSA) is 62.9 Å². The maximum Gasteiger partial charge on any atom is 0.573 e. The molecule has 2 aromatic carbocycles. The van der Waals surface area contributed by atoms with Crippen LogP contribution in [0.5, 0.6) is 5.75 Å². The number of anilines is 1. The number of aliphatic imine (C=N–C) groups is 1. The molecule has 0 atom stereocenters. The van der Waals surface area contributed by atoms with Crippen molar-refractivity contribution in [2.45, 2.75) is 26.4 Å². The molecule has 0 radical (unpaired) electrons. The first kappa shape index (κ1) is 20.6. The third-order valence-electron chi connectivity index (χ3n) is 3.79. The molecule has 0 aliphatic rings. The number of rotatable bonds is 7. The highest BCUT2D eigenvalue weighted by molar-refractivity contribution is 5.93. The van der Waals surface area contributed by atoms with Crippen LogP contribution in [0.4, 0.5) is 18.9 Å². The fourth-order valence-corrected chi connectivity index (χ4v) is 2.39. The van der Waals surface area contributed by atoms with Gasteiger partial charge in [0.15, 0.2) is 11.7 Å². The van der Waals surface area contributed by atoms with Gasteiger partial charge < -0.3 is 20.7 Å². The van der Waals surface area contributed by atoms with Crippen molar-refractivity contribution >= 4 is 11.6 Å². The van der Waals surface area contributed by atoms with Gasteiger partial charge in [0.1, 0.15) is 0 Å². The number of nitrogens with two attached hydrogens (primary N) is 1. The summed E-state index contributed by atoms with van der Waals surface area (Å²) in [5.74, 6) is -0.364. The molecular formula is C19H23F3N4O. The Bertz CT molecular complexity index is 778. The summed E-state index contributed by atoms with van der Waals surface area (Å²) in [7, 11) is 2.03. The lowest BCUT2D eigenvalue weighted by Gasteiger charge is -2.15. The van der Waals surface area contributed by atoms with Gasteiger partial charge in [0.25, 0.3) is 0 Å². The Kier molecular flexibility index (Phi) is 7.06. The summed E-state index contributed by atoms with van der Waals surface area (Å²) >= 11 is 0. The summed E-state index contributed by atoms with van der Waals surface area (Å²) in [6.45, 7) is 4.16. The molecule has 3 N–H and O–H groups in total. The van der Waals surface area contributed by atoms with E-state index in [4.69, 9.17) is 5.73 Å². The van der Waals surface area contributed by atoms with Crippen molar-refractivity contribution in [2.24, 2.45) is 10.7 Å². The molecule has 8 heteroatoms. The Balaban J connectivity index is 2.04. The summed E-state index contributed by atoms with van der Waals surface area (Å²) in [5, 5.41) is 2.65. The van der Waals surface area contributed by atoms with Gasteiger partial charge in [0, 0.05) is 6.54 Å². The first-order chi connectivity index (χ1) is 12.8. The Morgan fingerprint density at radius 3 is 2.56 bits per heavy atom. The fourth-order valence-electron chi connectivity index (χ4n) is 2.39. The molecule has 0 fully saturated rings. The number of guanidine groups is 1. The van der Waals surface area contributed by atoms with E-state index in [2.05, 4.69) is 26.9 Å². The van der Waals surface area contributed by atoms with Gasteiger partial charge >= 0.3 is 6.36 Å². The number of nitrogens with zero attached hydrogens (tertiary/aromatic N) is 2. The minimum Gasteiger partial charge on any atom is -0.404 e. The standard InChI is InChI=1S/C19H23F3N4O/c1-3-26(2)13-15-8-6-7-14(11-15)12-24-18(23)25-16-9-4-5-10-17(16)27-19(20,21)22/h4-11H,3,12-13H2,1-2H3,(H3,23,24,25). The van der Waals surface area contributed by atoms with Gasteiger partial charge in [-0.1, -0.05) is 43.3 Å². The summed E-state index contributed by atoms with van der Waals surface area (Å²) < 4.78 is 41.4. The second-order valence-electron chi connectivity index (χ2n) is 6.02. The molecule has 146 valence electrons. The van der Waals surface area contributed by atoms with Gasteiger partial charge in [-0.15, -0.1) is 13.2 Å². The molecule has 0 heterocycles. The van der Waals surface area contributed by atoms with Crippen LogP contribution in [0.1, 0.15) is 18.1 Å². The van der Waals surface area contributed by atoms with Crippen LogP contribution in [0.15, 0.2) is 53.5 Å². The number of para-hydroxylation sites is 2. The van der Waals surface area contributed by atoms with Crippen molar-refractivity contribution in [1.82, 2.24) is 4.90 Å². The van der Waals surface area contributed by atoms with Crippen LogP contribution in [0.2, 0.25) is 0 Å². The van der Waals surface area contributed by atoms with Gasteiger partial charge in [-0.25, -0.2) is 4.99 Å². The quantitative estimate of drug-likeness (QED) is 0.564. The highest BCUT2D eigenvalue weighted by Gasteiger charge is 2.32. The molecular weight excluding hydrogens is 357 g/mol. The van der Waals surface area contributed by atoms with Crippen LogP contribution in [0, 0.1) is 0 Å². The summed E-state index contributed by atoms with van der Waals surface area (Å²) in [5.41, 5.74) is 8.03. The van der Waals surface area contributed by atoms with E-state index in [-0.39, 0.29) is 17.4 Å². The Hall–Kier alpha value is -2.74. The Labute approximate surface area is 156 Å². The van der Waals surface area contributed by atoms with Gasteiger partial charge in [-0.2, -0.15) is 0 Å². The van der Waals surface area contributed by atoms with E-state index in [1.54, 1.807) is 6.07 Å². The lowest BCUT2D eigenvalue weighted by molar-refractivity contribution is -0.274. The molecule has 0 amide bonds. The van der Waals surface area contributed by atoms with Crippen molar-refractivity contribution in [1.29, 1.82) is 0 Å². The molecule has 0 saturated heterocycles. The number of benzene rings is 2. The molecule has 2 aromatic rings. The zero-order valence-corrected chi connectivity index (χ0v) is 15.3. The molecule has 0 unspecified atom stereocenters. The molecule has 0 bridgehead atoms. The van der Waals surface area contributed by atoms with Gasteiger partial charge in [-0.05, 0) is 36.9 Å². The largest absolute Gasteiger partial charge is 0.573 e. The van der Waals surface area contributed by atoms with Gasteiger partial charge in [0.2, 0.25) is 0 Å². The lowest BCUT2D eigenvalue weighted by Crippen LogP contribution is -2.24. The third kappa shape index (κ3) is 7.18. The second kappa shape index (κ2) is 9.27. The number of nitrogens with one attached hydrogen (secondary N) is 1. The van der Waals surface area contributed by atoms with E-state index in [9.17, 15) is 13.2 Å². The fraction of sp³-hybridized carbons (Fsp3) is 0.316. The minimum absolute atomic E-state index is 0.00398. The predicted octanol–water partition coefficient (Wildman–Crippen LogP) is 3.96. The number of ether oxygens (including phenoxy) is 1. The van der Waals surface area contributed by atoms with Crippen LogP contribution >= 0.6 is 0 Å². The smallest absolute Gasteiger partial charge is 0.404 e. The molecule has 27 heavy (non-hydrogen) atoms. The van der Waals surface area contributed by atoms with Crippen molar-refractivity contribution < 1.29 is 17.9 Å². The second-order valence-corrected chi connectivity index (χ2v) is 6.02. The highest BCUT2D eigenvalue weighted by atomic mass is 19.4. The molecule has 0 aliphatic carbocycles. The number of halogens is 3. The van der Waals surface area contributed by atoms with Crippen LogP contribution in [0.25, 0.3) is 0 Å². The van der Waals surface area contributed by atoms with E-state index < -0.39 is 6.36 Å². The van der Waals surface area contributed by atoms with Crippen molar-refractivity contribution in [2.75, 3.05) is 18.9 Å². The van der Waals surface area contributed by atoms with Crippen LogP contribution in [-0.4, -0.2) is 30.8 Å². The lowest BCUT2D eigenvalue weighted by atomic mass is 10.1.